The Hall–Kier alpha value is -1.13. The quantitative estimate of drug-likeness (QED) is 0.825. The van der Waals surface area contributed by atoms with E-state index in [1.165, 1.54) is 0 Å². The molecule has 1 unspecified atom stereocenters. The molecule has 1 N–H and O–H groups in total. The van der Waals surface area contributed by atoms with E-state index in [-0.39, 0.29) is 6.61 Å². The average molecular weight is 369 g/mol. The fourth-order valence-electron chi connectivity index (χ4n) is 2.44. The maximum absolute atomic E-state index is 9.58. The Kier molecular flexibility index (Phi) is 4.42. The number of aliphatic hydroxyl groups is 1. The molecular formula is C14H16IN3O. The zero-order valence-corrected chi connectivity index (χ0v) is 13.0. The highest BCUT2D eigenvalue weighted by Crippen LogP contribution is 2.32. The summed E-state index contributed by atoms with van der Waals surface area (Å²) in [7, 11) is 0. The van der Waals surface area contributed by atoms with E-state index in [4.69, 9.17) is 0 Å². The van der Waals surface area contributed by atoms with Gasteiger partial charge >= 0.3 is 0 Å². The standard InChI is InChI=1S/C14H16IN3O/c1-2-5-14(10-16,6-7-19)11-3-4-13-12(15)8-17-18(13)9-11/h3-4,8-9,19H,2,5-7H2,1H3. The van der Waals surface area contributed by atoms with Crippen LogP contribution in [-0.2, 0) is 5.41 Å². The number of rotatable bonds is 5. The number of nitriles is 1. The molecule has 2 aromatic rings. The SMILES string of the molecule is CCCC(C#N)(CCO)c1ccc2c(I)cnn2c1. The minimum absolute atomic E-state index is 0.0161. The van der Waals surface area contributed by atoms with Gasteiger partial charge < -0.3 is 5.11 Å². The lowest BCUT2D eigenvalue weighted by Gasteiger charge is -2.25. The topological polar surface area (TPSA) is 61.3 Å². The largest absolute Gasteiger partial charge is 0.396 e. The molecule has 0 radical (unpaired) electrons. The molecule has 2 heterocycles. The number of aromatic nitrogens is 2. The lowest BCUT2D eigenvalue weighted by atomic mass is 9.76. The van der Waals surface area contributed by atoms with Crippen molar-refractivity contribution in [1.29, 1.82) is 5.26 Å². The maximum Gasteiger partial charge on any atom is 0.0858 e. The van der Waals surface area contributed by atoms with Gasteiger partial charge in [-0.1, -0.05) is 19.4 Å². The van der Waals surface area contributed by atoms with E-state index in [0.29, 0.717) is 6.42 Å². The zero-order valence-electron chi connectivity index (χ0n) is 10.8. The minimum Gasteiger partial charge on any atom is -0.396 e. The van der Waals surface area contributed by atoms with Crippen molar-refractivity contribution >= 4 is 28.1 Å². The number of aliphatic hydroxyl groups excluding tert-OH is 1. The van der Waals surface area contributed by atoms with Gasteiger partial charge in [0.2, 0.25) is 0 Å². The molecule has 0 bridgehead atoms. The van der Waals surface area contributed by atoms with E-state index >= 15 is 0 Å². The van der Waals surface area contributed by atoms with Gasteiger partial charge in [-0.2, -0.15) is 10.4 Å². The van der Waals surface area contributed by atoms with Gasteiger partial charge in [-0.25, -0.2) is 4.52 Å². The highest BCUT2D eigenvalue weighted by Gasteiger charge is 2.31. The molecule has 0 aromatic carbocycles. The molecule has 4 nitrogen and oxygen atoms in total. The Morgan fingerprint density at radius 3 is 2.89 bits per heavy atom. The summed E-state index contributed by atoms with van der Waals surface area (Å²) in [4.78, 5) is 0. The van der Waals surface area contributed by atoms with Crippen molar-refractivity contribution in [3.63, 3.8) is 0 Å². The number of fused-ring (bicyclic) bond motifs is 1. The predicted molar refractivity (Wildman–Crippen MR) is 81.8 cm³/mol. The van der Waals surface area contributed by atoms with Crippen LogP contribution in [0.25, 0.3) is 5.52 Å². The van der Waals surface area contributed by atoms with Crippen LogP contribution < -0.4 is 0 Å². The lowest BCUT2D eigenvalue weighted by molar-refractivity contribution is 0.252. The second kappa shape index (κ2) is 5.88. The van der Waals surface area contributed by atoms with Gasteiger partial charge in [0.25, 0.3) is 0 Å². The number of halogens is 1. The molecule has 5 heteroatoms. The molecule has 0 aliphatic carbocycles. The van der Waals surface area contributed by atoms with Crippen molar-refractivity contribution in [3.8, 4) is 6.07 Å². The summed E-state index contributed by atoms with van der Waals surface area (Å²) in [5.41, 5.74) is 1.35. The first kappa shape index (κ1) is 14.3. The molecule has 1 atom stereocenters. The summed E-state index contributed by atoms with van der Waals surface area (Å²) in [5, 5.41) is 23.1. The van der Waals surface area contributed by atoms with Crippen molar-refractivity contribution in [2.75, 3.05) is 6.61 Å². The van der Waals surface area contributed by atoms with Crippen LogP contribution in [0.4, 0.5) is 0 Å². The first-order valence-corrected chi connectivity index (χ1v) is 7.40. The monoisotopic (exact) mass is 369 g/mol. The fourth-order valence-corrected chi connectivity index (χ4v) is 3.00. The van der Waals surface area contributed by atoms with E-state index in [1.807, 2.05) is 18.3 Å². The van der Waals surface area contributed by atoms with Gasteiger partial charge in [0.15, 0.2) is 0 Å². The molecule has 19 heavy (non-hydrogen) atoms. The van der Waals surface area contributed by atoms with Crippen LogP contribution in [0.15, 0.2) is 24.5 Å². The highest BCUT2D eigenvalue weighted by atomic mass is 127. The van der Waals surface area contributed by atoms with E-state index in [1.54, 1.807) is 10.7 Å². The molecule has 0 aliphatic rings. The summed E-state index contributed by atoms with van der Waals surface area (Å²) in [6.45, 7) is 2.07. The molecule has 0 fully saturated rings. The van der Waals surface area contributed by atoms with Crippen LogP contribution in [0.1, 0.15) is 31.7 Å². The highest BCUT2D eigenvalue weighted by molar-refractivity contribution is 14.1. The summed E-state index contributed by atoms with van der Waals surface area (Å²) in [6.07, 6.45) is 5.82. The van der Waals surface area contributed by atoms with Crippen molar-refractivity contribution in [2.24, 2.45) is 0 Å². The molecule has 0 spiro atoms. The Morgan fingerprint density at radius 1 is 1.47 bits per heavy atom. The molecule has 0 saturated heterocycles. The van der Waals surface area contributed by atoms with E-state index in [0.717, 1.165) is 27.5 Å². The summed E-state index contributed by atoms with van der Waals surface area (Å²) in [5.74, 6) is 0. The molecule has 2 aromatic heterocycles. The molecular weight excluding hydrogens is 353 g/mol. The Morgan fingerprint density at radius 2 is 2.26 bits per heavy atom. The van der Waals surface area contributed by atoms with Crippen LogP contribution in [0.5, 0.6) is 0 Å². The van der Waals surface area contributed by atoms with Gasteiger partial charge in [-0.3, -0.25) is 0 Å². The van der Waals surface area contributed by atoms with Crippen LogP contribution in [0, 0.1) is 14.9 Å². The zero-order chi connectivity index (χ0) is 13.9. The summed E-state index contributed by atoms with van der Waals surface area (Å²) in [6, 6.07) is 6.37. The second-order valence-electron chi connectivity index (χ2n) is 4.66. The van der Waals surface area contributed by atoms with E-state index < -0.39 is 5.41 Å². The molecule has 0 saturated carbocycles. The van der Waals surface area contributed by atoms with Gasteiger partial charge in [-0.05, 0) is 47.1 Å². The molecule has 100 valence electrons. The molecule has 2 rings (SSSR count). The average Bonchev–Trinajstić information content (AvgIpc) is 2.79. The number of nitrogens with zero attached hydrogens (tertiary/aromatic N) is 3. The third kappa shape index (κ3) is 2.60. The van der Waals surface area contributed by atoms with Crippen LogP contribution in [-0.4, -0.2) is 21.3 Å². The smallest absolute Gasteiger partial charge is 0.0858 e. The van der Waals surface area contributed by atoms with Crippen LogP contribution >= 0.6 is 22.6 Å². The minimum atomic E-state index is -0.616. The van der Waals surface area contributed by atoms with E-state index in [2.05, 4.69) is 40.7 Å². The number of pyridine rings is 1. The first-order valence-electron chi connectivity index (χ1n) is 6.32. The third-order valence-electron chi connectivity index (χ3n) is 3.45. The van der Waals surface area contributed by atoms with Crippen LogP contribution in [0.2, 0.25) is 0 Å². The fraction of sp³-hybridized carbons (Fsp3) is 0.429. The second-order valence-corrected chi connectivity index (χ2v) is 5.82. The van der Waals surface area contributed by atoms with Crippen molar-refractivity contribution in [3.05, 3.63) is 33.7 Å². The number of hydrogen-bond donors (Lipinski definition) is 1. The lowest BCUT2D eigenvalue weighted by Crippen LogP contribution is -2.26. The first-order chi connectivity index (χ1) is 9.16. The normalized spacial score (nSPS) is 14.2. The van der Waals surface area contributed by atoms with Crippen molar-refractivity contribution in [2.45, 2.75) is 31.6 Å². The molecule has 0 amide bonds. The Balaban J connectivity index is 2.52. The summed E-state index contributed by atoms with van der Waals surface area (Å²) >= 11 is 2.24. The van der Waals surface area contributed by atoms with Gasteiger partial charge in [0, 0.05) is 12.8 Å². The summed E-state index contributed by atoms with van der Waals surface area (Å²) < 4.78 is 2.89. The third-order valence-corrected chi connectivity index (χ3v) is 4.28. The van der Waals surface area contributed by atoms with Crippen molar-refractivity contribution in [1.82, 2.24) is 9.61 Å². The maximum atomic E-state index is 9.58. The Bertz CT molecular complexity index is 609. The predicted octanol–water partition coefficient (Wildman–Crippen LogP) is 2.88. The van der Waals surface area contributed by atoms with Gasteiger partial charge in [-0.15, -0.1) is 0 Å². The molecule has 0 aliphatic heterocycles. The van der Waals surface area contributed by atoms with Gasteiger partial charge in [0.05, 0.1) is 26.8 Å². The van der Waals surface area contributed by atoms with Crippen LogP contribution in [0.3, 0.4) is 0 Å². The van der Waals surface area contributed by atoms with E-state index in [9.17, 15) is 10.4 Å². The van der Waals surface area contributed by atoms with Crippen molar-refractivity contribution < 1.29 is 5.11 Å². The number of hydrogen-bond acceptors (Lipinski definition) is 3. The van der Waals surface area contributed by atoms with Gasteiger partial charge in [0.1, 0.15) is 0 Å². The Labute approximate surface area is 126 Å².